The van der Waals surface area contributed by atoms with Gasteiger partial charge >= 0.3 is 5.69 Å². The topological polar surface area (TPSA) is 108 Å². The fraction of sp³-hybridized carbons (Fsp3) is 0.294. The van der Waals surface area contributed by atoms with E-state index >= 15 is 0 Å². The van der Waals surface area contributed by atoms with E-state index in [2.05, 4.69) is 25.8 Å². The van der Waals surface area contributed by atoms with Crippen molar-refractivity contribution in [3.05, 3.63) is 70.2 Å². The van der Waals surface area contributed by atoms with Crippen LogP contribution in [0.4, 0.5) is 0 Å². The molecule has 0 fully saturated rings. The van der Waals surface area contributed by atoms with E-state index in [9.17, 15) is 9.59 Å². The number of amides is 1. The summed E-state index contributed by atoms with van der Waals surface area (Å²) in [5, 5.41) is 13.9. The van der Waals surface area contributed by atoms with E-state index in [4.69, 9.17) is 0 Å². The van der Waals surface area contributed by atoms with Crippen molar-refractivity contribution in [3.63, 3.8) is 0 Å². The molecule has 3 aromatic rings. The molecule has 9 nitrogen and oxygen atoms in total. The standard InChI is InChI=1S/C17H19N7O2/c1-12-10-13(2)23(17(26)20-12)9-8-18-16(25)15(24-11-19-21-22-24)14-6-4-3-5-7-14/h3-7,10-11,15H,8-9H2,1-2H3,(H,18,25). The largest absolute Gasteiger partial charge is 0.352 e. The maximum Gasteiger partial charge on any atom is 0.348 e. The predicted molar refractivity (Wildman–Crippen MR) is 93.4 cm³/mol. The van der Waals surface area contributed by atoms with Crippen LogP contribution in [0.5, 0.6) is 0 Å². The van der Waals surface area contributed by atoms with E-state index in [1.807, 2.05) is 43.3 Å². The lowest BCUT2D eigenvalue weighted by Crippen LogP contribution is -2.37. The van der Waals surface area contributed by atoms with Gasteiger partial charge in [0.15, 0.2) is 6.04 Å². The van der Waals surface area contributed by atoms with Crippen LogP contribution in [0.25, 0.3) is 0 Å². The highest BCUT2D eigenvalue weighted by atomic mass is 16.2. The van der Waals surface area contributed by atoms with Gasteiger partial charge in [0, 0.05) is 24.5 Å². The van der Waals surface area contributed by atoms with Crippen molar-refractivity contribution < 1.29 is 4.79 Å². The lowest BCUT2D eigenvalue weighted by molar-refractivity contribution is -0.123. The van der Waals surface area contributed by atoms with Gasteiger partial charge in [0.1, 0.15) is 6.33 Å². The smallest absolute Gasteiger partial charge is 0.348 e. The monoisotopic (exact) mass is 353 g/mol. The molecular formula is C17H19N7O2. The predicted octanol–water partition coefficient (Wildman–Crippen LogP) is 0.252. The first kappa shape index (κ1) is 17.5. The first-order valence-corrected chi connectivity index (χ1v) is 8.16. The molecule has 2 aromatic heterocycles. The molecule has 0 radical (unpaired) electrons. The van der Waals surface area contributed by atoms with Gasteiger partial charge in [-0.3, -0.25) is 9.36 Å². The third-order valence-corrected chi connectivity index (χ3v) is 3.97. The summed E-state index contributed by atoms with van der Waals surface area (Å²) in [4.78, 5) is 28.6. The number of carbonyl (C=O) groups excluding carboxylic acids is 1. The molecule has 1 amide bonds. The summed E-state index contributed by atoms with van der Waals surface area (Å²) in [6.07, 6.45) is 1.40. The molecule has 2 heterocycles. The number of hydrogen-bond acceptors (Lipinski definition) is 6. The van der Waals surface area contributed by atoms with Crippen LogP contribution in [0.15, 0.2) is 47.5 Å². The van der Waals surface area contributed by atoms with Crippen LogP contribution < -0.4 is 11.0 Å². The van der Waals surface area contributed by atoms with Gasteiger partial charge < -0.3 is 5.32 Å². The Bertz CT molecular complexity index is 936. The van der Waals surface area contributed by atoms with Crippen molar-refractivity contribution in [2.75, 3.05) is 6.54 Å². The molecule has 0 bridgehead atoms. The van der Waals surface area contributed by atoms with Crippen LogP contribution in [0.2, 0.25) is 0 Å². The van der Waals surface area contributed by atoms with Crippen molar-refractivity contribution in [2.24, 2.45) is 0 Å². The summed E-state index contributed by atoms with van der Waals surface area (Å²) < 4.78 is 2.93. The molecule has 3 rings (SSSR count). The molecule has 26 heavy (non-hydrogen) atoms. The SMILES string of the molecule is Cc1cc(C)n(CCNC(=O)C(c2ccccc2)n2cnnn2)c(=O)n1. The normalized spacial score (nSPS) is 11.9. The van der Waals surface area contributed by atoms with E-state index in [-0.39, 0.29) is 18.1 Å². The minimum atomic E-state index is -0.680. The summed E-state index contributed by atoms with van der Waals surface area (Å²) in [7, 11) is 0. The van der Waals surface area contributed by atoms with Gasteiger partial charge in [-0.15, -0.1) is 5.10 Å². The third kappa shape index (κ3) is 3.82. The average Bonchev–Trinajstić information content (AvgIpc) is 3.12. The number of aryl methyl sites for hydroxylation is 2. The summed E-state index contributed by atoms with van der Waals surface area (Å²) in [5.74, 6) is -0.255. The number of benzene rings is 1. The molecule has 1 aromatic carbocycles. The molecule has 0 spiro atoms. The Labute approximate surface area is 149 Å². The highest BCUT2D eigenvalue weighted by Gasteiger charge is 2.23. The Morgan fingerprint density at radius 1 is 1.23 bits per heavy atom. The van der Waals surface area contributed by atoms with Crippen LogP contribution in [0.3, 0.4) is 0 Å². The average molecular weight is 353 g/mol. The summed E-state index contributed by atoms with van der Waals surface area (Å²) in [6, 6.07) is 10.4. The first-order chi connectivity index (χ1) is 12.6. The van der Waals surface area contributed by atoms with Crippen molar-refractivity contribution >= 4 is 5.91 Å². The van der Waals surface area contributed by atoms with Gasteiger partial charge in [0.25, 0.3) is 0 Å². The molecule has 0 aliphatic carbocycles. The number of hydrogen-bond donors (Lipinski definition) is 1. The zero-order valence-corrected chi connectivity index (χ0v) is 14.5. The summed E-state index contributed by atoms with van der Waals surface area (Å²) in [5.41, 5.74) is 1.92. The van der Waals surface area contributed by atoms with Crippen LogP contribution in [-0.4, -0.2) is 42.2 Å². The van der Waals surface area contributed by atoms with Gasteiger partial charge in [-0.25, -0.2) is 9.48 Å². The second kappa shape index (κ2) is 7.68. The van der Waals surface area contributed by atoms with Crippen LogP contribution >= 0.6 is 0 Å². The number of tetrazole rings is 1. The fourth-order valence-electron chi connectivity index (χ4n) is 2.78. The zero-order chi connectivity index (χ0) is 18.5. The van der Waals surface area contributed by atoms with Gasteiger partial charge in [0.05, 0.1) is 0 Å². The maximum absolute atomic E-state index is 12.7. The van der Waals surface area contributed by atoms with Crippen molar-refractivity contribution in [1.82, 2.24) is 35.1 Å². The molecular weight excluding hydrogens is 334 g/mol. The minimum Gasteiger partial charge on any atom is -0.352 e. The first-order valence-electron chi connectivity index (χ1n) is 8.16. The highest BCUT2D eigenvalue weighted by Crippen LogP contribution is 2.16. The second-order valence-corrected chi connectivity index (χ2v) is 5.87. The highest BCUT2D eigenvalue weighted by molar-refractivity contribution is 5.83. The Hall–Kier alpha value is -3.36. The van der Waals surface area contributed by atoms with E-state index in [1.54, 1.807) is 6.92 Å². The number of carbonyl (C=O) groups is 1. The molecule has 1 N–H and O–H groups in total. The maximum atomic E-state index is 12.7. The number of nitrogens with one attached hydrogen (secondary N) is 1. The number of nitrogens with zero attached hydrogens (tertiary/aromatic N) is 6. The van der Waals surface area contributed by atoms with Gasteiger partial charge in [0.2, 0.25) is 5.91 Å². The number of rotatable bonds is 6. The van der Waals surface area contributed by atoms with Gasteiger partial charge in [-0.2, -0.15) is 4.98 Å². The molecule has 0 aliphatic rings. The molecule has 1 atom stereocenters. The fourth-order valence-corrected chi connectivity index (χ4v) is 2.78. The van der Waals surface area contributed by atoms with Gasteiger partial charge in [-0.05, 0) is 35.9 Å². The quantitative estimate of drug-likeness (QED) is 0.681. The molecule has 0 aliphatic heterocycles. The summed E-state index contributed by atoms with van der Waals surface area (Å²) >= 11 is 0. The van der Waals surface area contributed by atoms with Crippen molar-refractivity contribution in [1.29, 1.82) is 0 Å². The molecule has 134 valence electrons. The van der Waals surface area contributed by atoms with E-state index in [0.29, 0.717) is 12.2 Å². The number of aromatic nitrogens is 6. The Balaban J connectivity index is 1.73. The Morgan fingerprint density at radius 3 is 2.65 bits per heavy atom. The lowest BCUT2D eigenvalue weighted by Gasteiger charge is -2.17. The van der Waals surface area contributed by atoms with Crippen LogP contribution in [-0.2, 0) is 11.3 Å². The third-order valence-electron chi connectivity index (χ3n) is 3.97. The van der Waals surface area contributed by atoms with Crippen LogP contribution in [0, 0.1) is 13.8 Å². The molecule has 1 unspecified atom stereocenters. The van der Waals surface area contributed by atoms with E-state index in [1.165, 1.54) is 15.6 Å². The van der Waals surface area contributed by atoms with Crippen molar-refractivity contribution in [3.8, 4) is 0 Å². The minimum absolute atomic E-state index is 0.255. The lowest BCUT2D eigenvalue weighted by atomic mass is 10.1. The molecule has 0 saturated carbocycles. The second-order valence-electron chi connectivity index (χ2n) is 5.87. The Morgan fingerprint density at radius 2 is 2.00 bits per heavy atom. The summed E-state index contributed by atoms with van der Waals surface area (Å²) in [6.45, 7) is 4.24. The van der Waals surface area contributed by atoms with Gasteiger partial charge in [-0.1, -0.05) is 30.3 Å². The zero-order valence-electron chi connectivity index (χ0n) is 14.5. The van der Waals surface area contributed by atoms with Crippen LogP contribution in [0.1, 0.15) is 23.0 Å². The molecule has 9 heteroatoms. The molecule has 0 saturated heterocycles. The van der Waals surface area contributed by atoms with E-state index < -0.39 is 6.04 Å². The van der Waals surface area contributed by atoms with Crippen molar-refractivity contribution in [2.45, 2.75) is 26.4 Å². The Kier molecular flexibility index (Phi) is 5.16. The van der Waals surface area contributed by atoms with E-state index in [0.717, 1.165) is 11.3 Å².